The summed E-state index contributed by atoms with van der Waals surface area (Å²) in [4.78, 5) is 14.6. The Morgan fingerprint density at radius 1 is 1.35 bits per heavy atom. The molecule has 1 saturated heterocycles. The summed E-state index contributed by atoms with van der Waals surface area (Å²) in [5, 5.41) is 3.19. The van der Waals surface area contributed by atoms with Crippen molar-refractivity contribution in [3.63, 3.8) is 0 Å². The van der Waals surface area contributed by atoms with Crippen LogP contribution < -0.4 is 5.32 Å². The van der Waals surface area contributed by atoms with E-state index < -0.39 is 0 Å². The molecule has 128 valence electrons. The topological polar surface area (TPSA) is 45.5 Å². The third-order valence-corrected chi connectivity index (χ3v) is 5.38. The van der Waals surface area contributed by atoms with Crippen molar-refractivity contribution in [3.05, 3.63) is 23.7 Å². The van der Waals surface area contributed by atoms with E-state index in [9.17, 15) is 4.79 Å². The van der Waals surface area contributed by atoms with Crippen LogP contribution in [0.2, 0.25) is 0 Å². The highest BCUT2D eigenvalue weighted by molar-refractivity contribution is 5.76. The maximum absolute atomic E-state index is 12.1. The summed E-state index contributed by atoms with van der Waals surface area (Å²) < 4.78 is 5.87. The van der Waals surface area contributed by atoms with Crippen LogP contribution in [-0.4, -0.2) is 36.0 Å². The highest BCUT2D eigenvalue weighted by Crippen LogP contribution is 2.47. The van der Waals surface area contributed by atoms with Gasteiger partial charge in [-0.3, -0.25) is 4.79 Å². The average Bonchev–Trinajstić information content (AvgIpc) is 3.08. The summed E-state index contributed by atoms with van der Waals surface area (Å²) in [7, 11) is 0. The molecule has 2 aliphatic rings. The maximum atomic E-state index is 12.1. The van der Waals surface area contributed by atoms with Crippen LogP contribution in [-0.2, 0) is 11.2 Å². The summed E-state index contributed by atoms with van der Waals surface area (Å²) in [5.41, 5.74) is 0. The Kier molecular flexibility index (Phi) is 5.10. The highest BCUT2D eigenvalue weighted by atomic mass is 16.3. The van der Waals surface area contributed by atoms with E-state index in [0.29, 0.717) is 30.8 Å². The van der Waals surface area contributed by atoms with E-state index in [1.807, 2.05) is 6.07 Å². The number of piperidine rings is 1. The van der Waals surface area contributed by atoms with Crippen molar-refractivity contribution < 1.29 is 9.21 Å². The minimum absolute atomic E-state index is 0.158. The van der Waals surface area contributed by atoms with Gasteiger partial charge in [0.25, 0.3) is 0 Å². The number of nitrogens with one attached hydrogen (secondary N) is 1. The molecule has 4 heteroatoms. The molecule has 4 nitrogen and oxygen atoms in total. The third kappa shape index (κ3) is 4.37. The summed E-state index contributed by atoms with van der Waals surface area (Å²) in [6, 6.07) is 5.07. The van der Waals surface area contributed by atoms with Crippen LogP contribution in [0.15, 0.2) is 16.5 Å². The van der Waals surface area contributed by atoms with Crippen LogP contribution in [0.4, 0.5) is 0 Å². The Balaban J connectivity index is 1.37. The molecule has 2 heterocycles. The average molecular weight is 318 g/mol. The number of likely N-dealkylation sites (tertiary alicyclic amines) is 1. The molecule has 3 rings (SSSR count). The second kappa shape index (κ2) is 7.08. The van der Waals surface area contributed by atoms with Gasteiger partial charge in [-0.1, -0.05) is 6.92 Å². The Morgan fingerprint density at radius 2 is 2.04 bits per heavy atom. The quantitative estimate of drug-likeness (QED) is 0.875. The monoisotopic (exact) mass is 318 g/mol. The Bertz CT molecular complexity index is 529. The van der Waals surface area contributed by atoms with Crippen molar-refractivity contribution in [1.82, 2.24) is 10.2 Å². The van der Waals surface area contributed by atoms with Gasteiger partial charge in [0.15, 0.2) is 0 Å². The fourth-order valence-electron chi connectivity index (χ4n) is 3.54. The first kappa shape index (κ1) is 16.6. The van der Waals surface area contributed by atoms with Crippen LogP contribution >= 0.6 is 0 Å². The van der Waals surface area contributed by atoms with E-state index in [-0.39, 0.29) is 5.91 Å². The van der Waals surface area contributed by atoms with Crippen molar-refractivity contribution >= 4 is 5.91 Å². The van der Waals surface area contributed by atoms with Crippen LogP contribution in [0.3, 0.4) is 0 Å². The number of carbonyl (C=O) groups is 1. The summed E-state index contributed by atoms with van der Waals surface area (Å²) >= 11 is 0. The second-order valence-electron chi connectivity index (χ2n) is 7.60. The molecule has 1 amide bonds. The van der Waals surface area contributed by atoms with E-state index in [1.165, 1.54) is 6.42 Å². The first-order valence-corrected chi connectivity index (χ1v) is 9.15. The van der Waals surface area contributed by atoms with Crippen molar-refractivity contribution in [2.75, 3.05) is 13.1 Å². The number of rotatable bonds is 6. The van der Waals surface area contributed by atoms with E-state index in [1.54, 1.807) is 0 Å². The summed E-state index contributed by atoms with van der Waals surface area (Å²) in [6.45, 7) is 8.90. The van der Waals surface area contributed by atoms with Gasteiger partial charge in [0.05, 0.1) is 0 Å². The second-order valence-corrected chi connectivity index (χ2v) is 7.60. The lowest BCUT2D eigenvalue weighted by atomic mass is 10.0. The Labute approximate surface area is 139 Å². The van der Waals surface area contributed by atoms with Crippen LogP contribution in [0.5, 0.6) is 0 Å². The van der Waals surface area contributed by atoms with Crippen LogP contribution in [0.25, 0.3) is 0 Å². The lowest BCUT2D eigenvalue weighted by molar-refractivity contribution is -0.122. The minimum atomic E-state index is 0.158. The number of hydrogen-bond donors (Lipinski definition) is 1. The molecule has 1 aliphatic heterocycles. The molecule has 2 fully saturated rings. The van der Waals surface area contributed by atoms with Crippen LogP contribution in [0, 0.1) is 5.92 Å². The standard InChI is InChI=1S/C19H30N2O2/c1-13(2)21-10-8-15(9-11-21)20-19(22)7-5-16-4-6-18(23-16)17-12-14(17)3/h4,6,13-15,17H,5,7-12H2,1-3H3,(H,20,22)/t14-,17-/m0/s1. The predicted octanol–water partition coefficient (Wildman–Crippen LogP) is 3.32. The van der Waals surface area contributed by atoms with Gasteiger partial charge in [-0.05, 0) is 51.2 Å². The lowest BCUT2D eigenvalue weighted by Crippen LogP contribution is -2.46. The molecule has 1 N–H and O–H groups in total. The molecule has 23 heavy (non-hydrogen) atoms. The smallest absolute Gasteiger partial charge is 0.220 e. The van der Waals surface area contributed by atoms with Gasteiger partial charge in [0, 0.05) is 43.9 Å². The zero-order valence-electron chi connectivity index (χ0n) is 14.7. The number of carbonyl (C=O) groups excluding carboxylic acids is 1. The number of amides is 1. The first-order valence-electron chi connectivity index (χ1n) is 9.15. The zero-order chi connectivity index (χ0) is 16.4. The molecule has 1 aromatic heterocycles. The van der Waals surface area contributed by atoms with Crippen LogP contribution in [0.1, 0.15) is 63.9 Å². The summed E-state index contributed by atoms with van der Waals surface area (Å²) in [5.74, 6) is 3.58. The molecule has 1 saturated carbocycles. The lowest BCUT2D eigenvalue weighted by Gasteiger charge is -2.34. The fraction of sp³-hybridized carbons (Fsp3) is 0.737. The number of furan rings is 1. The highest BCUT2D eigenvalue weighted by Gasteiger charge is 2.36. The molecule has 1 aliphatic carbocycles. The van der Waals surface area contributed by atoms with Crippen molar-refractivity contribution in [1.29, 1.82) is 0 Å². The first-order chi connectivity index (χ1) is 11.0. The number of hydrogen-bond acceptors (Lipinski definition) is 3. The van der Waals surface area contributed by atoms with Gasteiger partial charge in [0.2, 0.25) is 5.91 Å². The predicted molar refractivity (Wildman–Crippen MR) is 91.4 cm³/mol. The molecular formula is C19H30N2O2. The maximum Gasteiger partial charge on any atom is 0.220 e. The van der Waals surface area contributed by atoms with Crippen molar-refractivity contribution in [2.45, 2.75) is 70.9 Å². The van der Waals surface area contributed by atoms with Gasteiger partial charge < -0.3 is 14.6 Å². The molecule has 1 aromatic rings. The van der Waals surface area contributed by atoms with Gasteiger partial charge >= 0.3 is 0 Å². The van der Waals surface area contributed by atoms with Gasteiger partial charge in [-0.2, -0.15) is 0 Å². The molecule has 0 aromatic carbocycles. The van der Waals surface area contributed by atoms with Gasteiger partial charge in [-0.25, -0.2) is 0 Å². The Hall–Kier alpha value is -1.29. The van der Waals surface area contributed by atoms with E-state index in [2.05, 4.69) is 37.1 Å². The molecule has 0 spiro atoms. The molecule has 0 bridgehead atoms. The number of aryl methyl sites for hydroxylation is 1. The van der Waals surface area contributed by atoms with Crippen molar-refractivity contribution in [3.8, 4) is 0 Å². The normalized spacial score (nSPS) is 25.7. The summed E-state index contributed by atoms with van der Waals surface area (Å²) in [6.07, 6.45) is 4.60. The molecule has 0 radical (unpaired) electrons. The van der Waals surface area contributed by atoms with Gasteiger partial charge in [-0.15, -0.1) is 0 Å². The third-order valence-electron chi connectivity index (χ3n) is 5.38. The number of nitrogens with zero attached hydrogens (tertiary/aromatic N) is 1. The van der Waals surface area contributed by atoms with E-state index in [0.717, 1.165) is 43.4 Å². The largest absolute Gasteiger partial charge is 0.466 e. The fourth-order valence-corrected chi connectivity index (χ4v) is 3.54. The van der Waals surface area contributed by atoms with Crippen molar-refractivity contribution in [2.24, 2.45) is 5.92 Å². The SMILES string of the molecule is CC(C)N1CCC(NC(=O)CCc2ccc([C@H]3C[C@@H]3C)o2)CC1. The molecular weight excluding hydrogens is 288 g/mol. The zero-order valence-corrected chi connectivity index (χ0v) is 14.7. The molecule has 0 unspecified atom stereocenters. The van der Waals surface area contributed by atoms with E-state index in [4.69, 9.17) is 4.42 Å². The molecule has 2 atom stereocenters. The Morgan fingerprint density at radius 3 is 2.65 bits per heavy atom. The van der Waals surface area contributed by atoms with E-state index >= 15 is 0 Å². The van der Waals surface area contributed by atoms with Gasteiger partial charge in [0.1, 0.15) is 11.5 Å². The minimum Gasteiger partial charge on any atom is -0.466 e.